The molecule has 1 unspecified atom stereocenters. The average Bonchev–Trinajstić information content (AvgIpc) is 2.76. The summed E-state index contributed by atoms with van der Waals surface area (Å²) in [6.45, 7) is 5.03. The minimum atomic E-state index is 0.559. The highest BCUT2D eigenvalue weighted by Crippen LogP contribution is 2.12. The Kier molecular flexibility index (Phi) is 3.93. The molecule has 1 atom stereocenters. The number of hydrogen-bond acceptors (Lipinski definition) is 4. The van der Waals surface area contributed by atoms with Crippen LogP contribution in [0.5, 0.6) is 0 Å². The van der Waals surface area contributed by atoms with E-state index in [1.54, 1.807) is 4.52 Å². The van der Waals surface area contributed by atoms with Crippen molar-refractivity contribution in [3.63, 3.8) is 0 Å². The van der Waals surface area contributed by atoms with Crippen molar-refractivity contribution in [3.05, 3.63) is 18.1 Å². The summed E-state index contributed by atoms with van der Waals surface area (Å²) in [4.78, 5) is 8.95. The van der Waals surface area contributed by atoms with E-state index in [2.05, 4.69) is 43.2 Å². The molecule has 0 saturated carbocycles. The molecule has 0 bridgehead atoms. The molecule has 0 saturated heterocycles. The number of aryl methyl sites for hydroxylation is 1. The Bertz CT molecular complexity index is 496. The van der Waals surface area contributed by atoms with Crippen molar-refractivity contribution in [2.24, 2.45) is 0 Å². The Morgan fingerprint density at radius 3 is 3.12 bits per heavy atom. The standard InChI is InChI=1S/C11H16BrN5/c1-3-9(12)4-5-13-10-6-8(2)16-11-14-7-15-17(10)11/h6-7,9,13H,3-5H2,1-2H3. The third kappa shape index (κ3) is 2.94. The van der Waals surface area contributed by atoms with E-state index in [4.69, 9.17) is 0 Å². The predicted molar refractivity (Wildman–Crippen MR) is 71.6 cm³/mol. The van der Waals surface area contributed by atoms with Gasteiger partial charge in [-0.3, -0.25) is 0 Å². The van der Waals surface area contributed by atoms with Gasteiger partial charge in [0, 0.05) is 23.1 Å². The number of nitrogens with one attached hydrogen (secondary N) is 1. The topological polar surface area (TPSA) is 55.1 Å². The van der Waals surface area contributed by atoms with Crippen LogP contribution < -0.4 is 5.32 Å². The number of nitrogens with zero attached hydrogens (tertiary/aromatic N) is 4. The number of fused-ring (bicyclic) bond motifs is 1. The number of rotatable bonds is 5. The van der Waals surface area contributed by atoms with Crippen LogP contribution in [0.1, 0.15) is 25.5 Å². The maximum Gasteiger partial charge on any atom is 0.254 e. The van der Waals surface area contributed by atoms with Crippen molar-refractivity contribution >= 4 is 27.5 Å². The molecule has 0 aromatic carbocycles. The van der Waals surface area contributed by atoms with Crippen LogP contribution in [0.3, 0.4) is 0 Å². The van der Waals surface area contributed by atoms with E-state index in [1.807, 2.05) is 13.0 Å². The zero-order valence-electron chi connectivity index (χ0n) is 10.0. The van der Waals surface area contributed by atoms with Crippen molar-refractivity contribution in [1.82, 2.24) is 19.6 Å². The summed E-state index contributed by atoms with van der Waals surface area (Å²) >= 11 is 3.62. The number of halogens is 1. The maximum atomic E-state index is 4.30. The van der Waals surface area contributed by atoms with Crippen LogP contribution in [0.25, 0.3) is 5.78 Å². The lowest BCUT2D eigenvalue weighted by Gasteiger charge is -2.10. The first kappa shape index (κ1) is 12.3. The molecular formula is C11H16BrN5. The van der Waals surface area contributed by atoms with Crippen LogP contribution in [0.4, 0.5) is 5.82 Å². The smallest absolute Gasteiger partial charge is 0.254 e. The first-order chi connectivity index (χ1) is 8.20. The van der Waals surface area contributed by atoms with Crippen LogP contribution >= 0.6 is 15.9 Å². The maximum absolute atomic E-state index is 4.30. The number of hydrogen-bond donors (Lipinski definition) is 1. The minimum Gasteiger partial charge on any atom is -0.370 e. The monoisotopic (exact) mass is 297 g/mol. The summed E-state index contributed by atoms with van der Waals surface area (Å²) < 4.78 is 1.72. The Morgan fingerprint density at radius 2 is 2.35 bits per heavy atom. The summed E-state index contributed by atoms with van der Waals surface area (Å²) in [7, 11) is 0. The Morgan fingerprint density at radius 1 is 1.53 bits per heavy atom. The van der Waals surface area contributed by atoms with Crippen molar-refractivity contribution < 1.29 is 0 Å². The molecule has 0 radical (unpaired) electrons. The fourth-order valence-corrected chi connectivity index (χ4v) is 1.85. The molecule has 17 heavy (non-hydrogen) atoms. The molecule has 2 rings (SSSR count). The van der Waals surface area contributed by atoms with Crippen LogP contribution in [-0.2, 0) is 0 Å². The first-order valence-corrected chi connectivity index (χ1v) is 6.67. The lowest BCUT2D eigenvalue weighted by Crippen LogP contribution is -2.11. The first-order valence-electron chi connectivity index (χ1n) is 5.76. The molecule has 0 spiro atoms. The quantitative estimate of drug-likeness (QED) is 0.861. The van der Waals surface area contributed by atoms with Gasteiger partial charge < -0.3 is 5.32 Å². The lowest BCUT2D eigenvalue weighted by atomic mass is 10.2. The number of anilines is 1. The molecule has 2 aromatic heterocycles. The van der Waals surface area contributed by atoms with E-state index in [0.29, 0.717) is 10.6 Å². The van der Waals surface area contributed by atoms with Gasteiger partial charge in [0.25, 0.3) is 5.78 Å². The van der Waals surface area contributed by atoms with E-state index in [0.717, 1.165) is 30.9 Å². The van der Waals surface area contributed by atoms with Crippen LogP contribution in [0.15, 0.2) is 12.4 Å². The Hall–Kier alpha value is -1.17. The minimum absolute atomic E-state index is 0.559. The zero-order valence-corrected chi connectivity index (χ0v) is 11.6. The summed E-state index contributed by atoms with van der Waals surface area (Å²) in [6, 6.07) is 1.98. The molecule has 0 aliphatic carbocycles. The van der Waals surface area contributed by atoms with Gasteiger partial charge in [0.05, 0.1) is 0 Å². The van der Waals surface area contributed by atoms with Gasteiger partial charge >= 0.3 is 0 Å². The van der Waals surface area contributed by atoms with Gasteiger partial charge in [0.1, 0.15) is 12.1 Å². The van der Waals surface area contributed by atoms with Gasteiger partial charge in [0.15, 0.2) is 0 Å². The lowest BCUT2D eigenvalue weighted by molar-refractivity contribution is 0.768. The highest BCUT2D eigenvalue weighted by atomic mass is 79.9. The molecule has 0 fully saturated rings. The molecule has 1 N–H and O–H groups in total. The van der Waals surface area contributed by atoms with Gasteiger partial charge in [-0.2, -0.15) is 14.6 Å². The summed E-state index contributed by atoms with van der Waals surface area (Å²) in [5.41, 5.74) is 0.943. The molecule has 2 heterocycles. The van der Waals surface area contributed by atoms with Gasteiger partial charge in [-0.15, -0.1) is 0 Å². The third-order valence-electron chi connectivity index (χ3n) is 2.59. The summed E-state index contributed by atoms with van der Waals surface area (Å²) in [6.07, 6.45) is 3.73. The van der Waals surface area contributed by atoms with E-state index >= 15 is 0 Å². The van der Waals surface area contributed by atoms with Gasteiger partial charge in [-0.05, 0) is 19.8 Å². The number of aromatic nitrogens is 4. The highest BCUT2D eigenvalue weighted by molar-refractivity contribution is 9.09. The van der Waals surface area contributed by atoms with E-state index in [1.165, 1.54) is 6.33 Å². The molecule has 0 amide bonds. The SMILES string of the molecule is CCC(Br)CCNc1cc(C)nc2ncnn12. The third-order valence-corrected chi connectivity index (χ3v) is 3.69. The molecule has 2 aromatic rings. The Labute approximate surface area is 109 Å². The second kappa shape index (κ2) is 5.44. The average molecular weight is 298 g/mol. The molecule has 0 aliphatic heterocycles. The largest absolute Gasteiger partial charge is 0.370 e. The summed E-state index contributed by atoms with van der Waals surface area (Å²) in [5, 5.41) is 7.52. The van der Waals surface area contributed by atoms with Crippen molar-refractivity contribution in [2.75, 3.05) is 11.9 Å². The van der Waals surface area contributed by atoms with Gasteiger partial charge in [-0.1, -0.05) is 22.9 Å². The second-order valence-corrected chi connectivity index (χ2v) is 5.27. The van der Waals surface area contributed by atoms with Crippen molar-refractivity contribution in [2.45, 2.75) is 31.5 Å². The van der Waals surface area contributed by atoms with E-state index < -0.39 is 0 Å². The fraction of sp³-hybridized carbons (Fsp3) is 0.545. The van der Waals surface area contributed by atoms with Gasteiger partial charge in [-0.25, -0.2) is 4.98 Å². The van der Waals surface area contributed by atoms with Crippen LogP contribution in [0.2, 0.25) is 0 Å². The van der Waals surface area contributed by atoms with E-state index in [-0.39, 0.29) is 0 Å². The van der Waals surface area contributed by atoms with Crippen LogP contribution in [-0.4, -0.2) is 31.0 Å². The fourth-order valence-electron chi connectivity index (χ4n) is 1.62. The normalized spacial score (nSPS) is 12.9. The molecular weight excluding hydrogens is 282 g/mol. The molecule has 6 heteroatoms. The van der Waals surface area contributed by atoms with Gasteiger partial charge in [0.2, 0.25) is 0 Å². The van der Waals surface area contributed by atoms with E-state index in [9.17, 15) is 0 Å². The summed E-state index contributed by atoms with van der Waals surface area (Å²) in [5.74, 6) is 1.58. The molecule has 92 valence electrons. The molecule has 0 aliphatic rings. The zero-order chi connectivity index (χ0) is 12.3. The van der Waals surface area contributed by atoms with Crippen molar-refractivity contribution in [3.8, 4) is 0 Å². The number of alkyl halides is 1. The predicted octanol–water partition coefficient (Wildman–Crippen LogP) is 2.41. The van der Waals surface area contributed by atoms with Crippen LogP contribution in [0, 0.1) is 6.92 Å². The molecule has 5 nitrogen and oxygen atoms in total. The Balaban J connectivity index is 2.09. The highest BCUT2D eigenvalue weighted by Gasteiger charge is 2.06. The second-order valence-electron chi connectivity index (χ2n) is 3.98. The van der Waals surface area contributed by atoms with Crippen molar-refractivity contribution in [1.29, 1.82) is 0 Å².